The highest BCUT2D eigenvalue weighted by Gasteiger charge is 2.31. The van der Waals surface area contributed by atoms with Crippen LogP contribution in [0.1, 0.15) is 41.6 Å². The lowest BCUT2D eigenvalue weighted by atomic mass is 9.94. The van der Waals surface area contributed by atoms with Crippen molar-refractivity contribution in [3.63, 3.8) is 0 Å². The summed E-state index contributed by atoms with van der Waals surface area (Å²) >= 11 is 0. The number of benzene rings is 2. The minimum absolute atomic E-state index is 0.0440. The van der Waals surface area contributed by atoms with Crippen LogP contribution >= 0.6 is 0 Å². The summed E-state index contributed by atoms with van der Waals surface area (Å²) in [5, 5.41) is 3.02. The van der Waals surface area contributed by atoms with E-state index in [0.29, 0.717) is 18.7 Å². The number of likely N-dealkylation sites (tertiary alicyclic amines) is 2. The van der Waals surface area contributed by atoms with Crippen molar-refractivity contribution in [2.75, 3.05) is 26.2 Å². The maximum absolute atomic E-state index is 13.1. The molecule has 0 unspecified atom stereocenters. The molecule has 2 aliphatic heterocycles. The van der Waals surface area contributed by atoms with E-state index >= 15 is 0 Å². The number of carbonyl (C=O) groups excluding carboxylic acids is 2. The predicted octanol–water partition coefficient (Wildman–Crippen LogP) is 3.46. The van der Waals surface area contributed by atoms with Gasteiger partial charge in [0.2, 0.25) is 5.91 Å². The van der Waals surface area contributed by atoms with Crippen molar-refractivity contribution in [1.29, 1.82) is 0 Å². The van der Waals surface area contributed by atoms with Crippen LogP contribution in [-0.2, 0) is 11.3 Å². The molecule has 2 aromatic carbocycles. The molecule has 0 saturated carbocycles. The van der Waals surface area contributed by atoms with Crippen molar-refractivity contribution in [3.8, 4) is 0 Å². The van der Waals surface area contributed by atoms with Crippen LogP contribution in [0.4, 0.5) is 4.39 Å². The molecule has 0 bridgehead atoms. The predicted molar refractivity (Wildman–Crippen MR) is 118 cm³/mol. The molecule has 2 fully saturated rings. The first-order valence-electron chi connectivity index (χ1n) is 11.2. The zero-order valence-electron chi connectivity index (χ0n) is 17.8. The Labute approximate surface area is 183 Å². The number of nitrogens with zero attached hydrogens (tertiary/aromatic N) is 2. The highest BCUT2D eigenvalue weighted by molar-refractivity contribution is 5.94. The Morgan fingerprint density at radius 3 is 2.35 bits per heavy atom. The monoisotopic (exact) mass is 423 g/mol. The highest BCUT2D eigenvalue weighted by Crippen LogP contribution is 2.23. The van der Waals surface area contributed by atoms with Gasteiger partial charge in [-0.15, -0.1) is 0 Å². The van der Waals surface area contributed by atoms with Crippen molar-refractivity contribution in [2.24, 2.45) is 5.92 Å². The van der Waals surface area contributed by atoms with E-state index in [1.54, 1.807) is 0 Å². The number of rotatable bonds is 5. The van der Waals surface area contributed by atoms with Crippen molar-refractivity contribution in [1.82, 2.24) is 15.1 Å². The van der Waals surface area contributed by atoms with Crippen molar-refractivity contribution >= 4 is 11.8 Å². The average molecular weight is 424 g/mol. The summed E-state index contributed by atoms with van der Waals surface area (Å²) < 4.78 is 13.0. The molecule has 2 amide bonds. The Hall–Kier alpha value is -2.73. The Bertz CT molecular complexity index is 879. The molecule has 6 heteroatoms. The molecule has 0 radical (unpaired) electrons. The second-order valence-corrected chi connectivity index (χ2v) is 8.64. The summed E-state index contributed by atoms with van der Waals surface area (Å²) in [6.07, 6.45) is 3.50. The van der Waals surface area contributed by atoms with Gasteiger partial charge in [0.25, 0.3) is 5.91 Å². The van der Waals surface area contributed by atoms with Crippen LogP contribution in [0.2, 0.25) is 0 Å². The fraction of sp³-hybridized carbons (Fsp3) is 0.440. The lowest BCUT2D eigenvalue weighted by Crippen LogP contribution is -2.50. The largest absolute Gasteiger partial charge is 0.349 e. The number of piperidine rings is 2. The van der Waals surface area contributed by atoms with Gasteiger partial charge in [0.15, 0.2) is 0 Å². The topological polar surface area (TPSA) is 52.7 Å². The third-order valence-corrected chi connectivity index (χ3v) is 6.35. The van der Waals surface area contributed by atoms with E-state index in [4.69, 9.17) is 0 Å². The molecular formula is C25H30FN3O2. The van der Waals surface area contributed by atoms with Gasteiger partial charge in [-0.3, -0.25) is 14.5 Å². The molecule has 1 N–H and O–H groups in total. The number of hydrogen-bond donors (Lipinski definition) is 1. The first-order valence-corrected chi connectivity index (χ1v) is 11.2. The zero-order valence-corrected chi connectivity index (χ0v) is 17.8. The number of carbonyl (C=O) groups is 2. The van der Waals surface area contributed by atoms with E-state index in [1.165, 1.54) is 29.8 Å². The molecule has 2 heterocycles. The van der Waals surface area contributed by atoms with Gasteiger partial charge in [-0.1, -0.05) is 30.3 Å². The van der Waals surface area contributed by atoms with Crippen LogP contribution < -0.4 is 5.32 Å². The quantitative estimate of drug-likeness (QED) is 0.801. The summed E-state index contributed by atoms with van der Waals surface area (Å²) in [7, 11) is 0. The summed E-state index contributed by atoms with van der Waals surface area (Å²) in [6.45, 7) is 4.08. The van der Waals surface area contributed by atoms with E-state index in [2.05, 4.69) is 34.5 Å². The van der Waals surface area contributed by atoms with Crippen LogP contribution in [0, 0.1) is 11.7 Å². The van der Waals surface area contributed by atoms with Gasteiger partial charge in [-0.25, -0.2) is 4.39 Å². The Morgan fingerprint density at radius 2 is 1.65 bits per heavy atom. The Kier molecular flexibility index (Phi) is 6.97. The third kappa shape index (κ3) is 5.70. The Morgan fingerprint density at radius 1 is 0.935 bits per heavy atom. The molecule has 0 aliphatic carbocycles. The van der Waals surface area contributed by atoms with Gasteiger partial charge in [0.1, 0.15) is 5.82 Å². The molecular weight excluding hydrogens is 393 g/mol. The molecule has 2 aromatic rings. The lowest BCUT2D eigenvalue weighted by molar-refractivity contribution is -0.138. The average Bonchev–Trinajstić information content (AvgIpc) is 2.80. The number of nitrogens with one attached hydrogen (secondary N) is 1. The second-order valence-electron chi connectivity index (χ2n) is 8.64. The Balaban J connectivity index is 1.25. The van der Waals surface area contributed by atoms with Crippen molar-refractivity contribution < 1.29 is 14.0 Å². The normalized spacial score (nSPS) is 20.4. The maximum Gasteiger partial charge on any atom is 0.251 e. The summed E-state index contributed by atoms with van der Waals surface area (Å²) in [5.41, 5.74) is 1.74. The minimum Gasteiger partial charge on any atom is -0.349 e. The van der Waals surface area contributed by atoms with Gasteiger partial charge in [-0.05, 0) is 62.1 Å². The molecule has 31 heavy (non-hydrogen) atoms. The van der Waals surface area contributed by atoms with Crippen LogP contribution in [0.25, 0.3) is 0 Å². The standard InChI is InChI=1S/C25H30FN3O2/c26-22-10-8-20(9-11-22)24(30)27-23-12-15-29(16-13-23)25(31)21-7-4-14-28(18-21)17-19-5-2-1-3-6-19/h1-3,5-6,8-11,21,23H,4,7,12-18H2,(H,27,30)/t21-/m0/s1. The van der Waals surface area contributed by atoms with Gasteiger partial charge in [-0.2, -0.15) is 0 Å². The van der Waals surface area contributed by atoms with E-state index in [0.717, 1.165) is 45.3 Å². The van der Waals surface area contributed by atoms with E-state index < -0.39 is 0 Å². The van der Waals surface area contributed by atoms with Crippen molar-refractivity contribution in [2.45, 2.75) is 38.3 Å². The first kappa shape index (κ1) is 21.5. The number of hydrogen-bond acceptors (Lipinski definition) is 3. The number of amides is 2. The SMILES string of the molecule is O=C(NC1CCN(C(=O)[C@H]2CCCN(Cc3ccccc3)C2)CC1)c1ccc(F)cc1. The van der Waals surface area contributed by atoms with Crippen LogP contribution in [0.15, 0.2) is 54.6 Å². The molecule has 0 aromatic heterocycles. The smallest absolute Gasteiger partial charge is 0.251 e. The summed E-state index contributed by atoms with van der Waals surface area (Å²) in [5.74, 6) is -0.231. The molecule has 2 saturated heterocycles. The molecule has 2 aliphatic rings. The number of halogens is 1. The first-order chi connectivity index (χ1) is 15.1. The fourth-order valence-corrected chi connectivity index (χ4v) is 4.61. The molecule has 4 rings (SSSR count). The summed E-state index contributed by atoms with van der Waals surface area (Å²) in [4.78, 5) is 29.8. The third-order valence-electron chi connectivity index (χ3n) is 6.35. The molecule has 0 spiro atoms. The zero-order chi connectivity index (χ0) is 21.6. The van der Waals surface area contributed by atoms with E-state index in [1.807, 2.05) is 11.0 Å². The molecule has 1 atom stereocenters. The maximum atomic E-state index is 13.1. The van der Waals surface area contributed by atoms with Crippen molar-refractivity contribution in [3.05, 3.63) is 71.5 Å². The van der Waals surface area contributed by atoms with Gasteiger partial charge in [0.05, 0.1) is 5.92 Å². The van der Waals surface area contributed by atoms with Gasteiger partial charge >= 0.3 is 0 Å². The lowest BCUT2D eigenvalue weighted by Gasteiger charge is -2.38. The van der Waals surface area contributed by atoms with Gasteiger partial charge in [0, 0.05) is 37.8 Å². The van der Waals surface area contributed by atoms with Crippen LogP contribution in [-0.4, -0.2) is 53.8 Å². The van der Waals surface area contributed by atoms with Gasteiger partial charge < -0.3 is 10.2 Å². The van der Waals surface area contributed by atoms with Crippen LogP contribution in [0.3, 0.4) is 0 Å². The summed E-state index contributed by atoms with van der Waals surface area (Å²) in [6, 6.07) is 16.0. The second kappa shape index (κ2) is 10.1. The minimum atomic E-state index is -0.353. The van der Waals surface area contributed by atoms with E-state index in [9.17, 15) is 14.0 Å². The molecule has 164 valence electrons. The van der Waals surface area contributed by atoms with Crippen LogP contribution in [0.5, 0.6) is 0 Å². The highest BCUT2D eigenvalue weighted by atomic mass is 19.1. The fourth-order valence-electron chi connectivity index (χ4n) is 4.61. The molecule has 5 nitrogen and oxygen atoms in total. The van der Waals surface area contributed by atoms with E-state index in [-0.39, 0.29) is 29.6 Å².